The average molecular weight is 1210 g/mol. The molecule has 6 aromatic rings. The minimum absolute atomic E-state index is 0.0952. The molecule has 27 nitrogen and oxygen atoms in total. The highest BCUT2D eigenvalue weighted by molar-refractivity contribution is 6.30. The number of hydrogen-bond acceptors (Lipinski definition) is 21. The molecule has 2 aliphatic carbocycles. The third-order valence-corrected chi connectivity index (χ3v) is 16.4. The summed E-state index contributed by atoms with van der Waals surface area (Å²) < 4.78 is 25.5. The Morgan fingerprint density at radius 3 is 1.38 bits per heavy atom. The Kier molecular flexibility index (Phi) is 20.1. The Labute approximate surface area is 500 Å². The second-order valence-corrected chi connectivity index (χ2v) is 23.0. The monoisotopic (exact) mass is 1210 g/mol. The minimum Gasteiger partial charge on any atom is -0.410 e. The Bertz CT molecular complexity index is 3280. The first-order chi connectivity index (χ1) is 41.5. The maximum absolute atomic E-state index is 12.5. The number of aliphatic hydroxyl groups excluding tert-OH is 5. The van der Waals surface area contributed by atoms with Gasteiger partial charge in [0.2, 0.25) is 0 Å². The van der Waals surface area contributed by atoms with Gasteiger partial charge in [0.15, 0.2) is 47.6 Å². The van der Waals surface area contributed by atoms with E-state index in [1.807, 2.05) is 18.2 Å². The fraction of sp³-hybridized carbons (Fsp3) is 0.552. The van der Waals surface area contributed by atoms with Gasteiger partial charge in [-0.1, -0.05) is 29.8 Å². The first-order valence-electron chi connectivity index (χ1n) is 29.5. The van der Waals surface area contributed by atoms with Gasteiger partial charge >= 0.3 is 12.2 Å². The van der Waals surface area contributed by atoms with Crippen LogP contribution in [-0.2, 0) is 31.9 Å². The number of piperidine rings is 2. The normalized spacial score (nSPS) is 24.2. The summed E-state index contributed by atoms with van der Waals surface area (Å²) >= 11 is 5.89. The van der Waals surface area contributed by atoms with Crippen LogP contribution in [0.5, 0.6) is 11.5 Å². The lowest BCUT2D eigenvalue weighted by Crippen LogP contribution is -2.43. The highest BCUT2D eigenvalue weighted by Gasteiger charge is 2.50. The van der Waals surface area contributed by atoms with Crippen LogP contribution in [0.4, 0.5) is 21.2 Å². The van der Waals surface area contributed by atoms with Crippen LogP contribution in [-0.4, -0.2) is 180 Å². The summed E-state index contributed by atoms with van der Waals surface area (Å²) in [5.74, 6) is 2.54. The van der Waals surface area contributed by atoms with Crippen LogP contribution in [0.2, 0.25) is 5.02 Å². The van der Waals surface area contributed by atoms with Crippen molar-refractivity contribution in [2.45, 2.75) is 158 Å². The summed E-state index contributed by atoms with van der Waals surface area (Å²) in [4.78, 5) is 80.2. The van der Waals surface area contributed by atoms with Crippen molar-refractivity contribution < 1.29 is 63.7 Å². The molecule has 2 unspecified atom stereocenters. The zero-order valence-corrected chi connectivity index (χ0v) is 48.5. The number of hydrogen-bond donors (Lipinski definition) is 9. The quantitative estimate of drug-likeness (QED) is 0.0666. The number of nitrogens with zero attached hydrogens (tertiary/aromatic N) is 10. The summed E-state index contributed by atoms with van der Waals surface area (Å²) in [6.45, 7) is 4.49. The highest BCUT2D eigenvalue weighted by atomic mass is 35.5. The molecule has 0 bridgehead atoms. The minimum atomic E-state index is -1.39. The fourth-order valence-corrected chi connectivity index (χ4v) is 11.2. The van der Waals surface area contributed by atoms with E-state index in [1.54, 1.807) is 53.1 Å². The largest absolute Gasteiger partial charge is 0.415 e. The van der Waals surface area contributed by atoms with Crippen LogP contribution < -0.4 is 31.6 Å². The predicted octanol–water partition coefficient (Wildman–Crippen LogP) is 3.73. The number of nitrogens with two attached hydrogens (primary N) is 2. The molecule has 0 radical (unpaired) electrons. The van der Waals surface area contributed by atoms with Gasteiger partial charge in [-0.05, 0) is 132 Å². The van der Waals surface area contributed by atoms with Gasteiger partial charge in [-0.15, -0.1) is 0 Å². The lowest BCUT2D eigenvalue weighted by Gasteiger charge is -2.31. The number of imidazole rings is 2. The van der Waals surface area contributed by atoms with Crippen molar-refractivity contribution in [3.8, 4) is 11.5 Å². The zero-order valence-electron chi connectivity index (χ0n) is 47.7. The Morgan fingerprint density at radius 1 is 0.593 bits per heavy atom. The first kappa shape index (κ1) is 61.7. The van der Waals surface area contributed by atoms with Gasteiger partial charge in [0, 0.05) is 62.7 Å². The van der Waals surface area contributed by atoms with Crippen molar-refractivity contribution in [1.29, 1.82) is 0 Å². The van der Waals surface area contributed by atoms with Crippen molar-refractivity contribution in [2.75, 3.05) is 44.3 Å². The van der Waals surface area contributed by atoms with Crippen molar-refractivity contribution >= 4 is 69.6 Å². The second kappa shape index (κ2) is 28.0. The number of amides is 4. The van der Waals surface area contributed by atoms with Gasteiger partial charge in [-0.3, -0.25) is 18.7 Å². The topological polar surface area (TPSA) is 376 Å². The van der Waals surface area contributed by atoms with E-state index in [0.29, 0.717) is 101 Å². The van der Waals surface area contributed by atoms with Crippen LogP contribution >= 0.6 is 11.6 Å². The van der Waals surface area contributed by atoms with Gasteiger partial charge in [-0.2, -0.15) is 0 Å². The number of aliphatic hydroxyl groups is 5. The maximum atomic E-state index is 12.5. The van der Waals surface area contributed by atoms with E-state index in [9.17, 15) is 39.6 Å². The molecule has 86 heavy (non-hydrogen) atoms. The molecule has 11 N–H and O–H groups in total. The Balaban J connectivity index is 0.000000183. The molecule has 6 aliphatic rings. The summed E-state index contributed by atoms with van der Waals surface area (Å²) in [5, 5.41) is 56.2. The lowest BCUT2D eigenvalue weighted by molar-refractivity contribution is -0.138. The molecular weight excluding hydrogens is 1140 g/mol. The van der Waals surface area contributed by atoms with E-state index in [0.717, 1.165) is 77.0 Å². The third-order valence-electron chi connectivity index (χ3n) is 16.1. The van der Waals surface area contributed by atoms with Crippen LogP contribution in [0.15, 0.2) is 67.3 Å². The molecule has 8 heterocycles. The predicted molar refractivity (Wildman–Crippen MR) is 311 cm³/mol. The van der Waals surface area contributed by atoms with Gasteiger partial charge < -0.3 is 76.4 Å². The van der Waals surface area contributed by atoms with E-state index < -0.39 is 60.9 Å². The van der Waals surface area contributed by atoms with E-state index in [4.69, 9.17) is 47.1 Å². The molecule has 0 spiro atoms. The third kappa shape index (κ3) is 15.1. The number of aryl methyl sites for hydroxylation is 2. The number of para-hydroxylation sites is 1. The van der Waals surface area contributed by atoms with Gasteiger partial charge in [0.05, 0.1) is 12.7 Å². The number of likely N-dealkylation sites (tertiary alicyclic amines) is 2. The number of benzene rings is 2. The molecule has 4 amide bonds. The molecule has 4 aliphatic heterocycles. The number of carbonyl (C=O) groups is 4. The molecule has 12 rings (SSSR count). The number of ether oxygens (including phenoxy) is 4. The highest BCUT2D eigenvalue weighted by Crippen LogP contribution is 2.36. The molecular formula is C58H75ClN14O13. The van der Waals surface area contributed by atoms with Gasteiger partial charge in [0.25, 0.3) is 11.8 Å². The number of rotatable bonds is 16. The smallest absolute Gasteiger partial charge is 0.410 e. The molecule has 2 aromatic carbocycles. The second-order valence-electron chi connectivity index (χ2n) is 22.6. The molecule has 28 heteroatoms. The zero-order chi connectivity index (χ0) is 60.6. The van der Waals surface area contributed by atoms with Gasteiger partial charge in [-0.25, -0.2) is 39.5 Å². The van der Waals surface area contributed by atoms with E-state index in [1.165, 1.54) is 21.8 Å². The summed E-state index contributed by atoms with van der Waals surface area (Å²) in [6.07, 6.45) is 4.03. The summed E-state index contributed by atoms with van der Waals surface area (Å²) in [7, 11) is 0. The van der Waals surface area contributed by atoms with E-state index >= 15 is 0 Å². The van der Waals surface area contributed by atoms with Crippen LogP contribution in [0, 0.1) is 11.8 Å². The first-order valence-corrected chi connectivity index (χ1v) is 29.9. The van der Waals surface area contributed by atoms with Crippen LogP contribution in [0.3, 0.4) is 0 Å². The summed E-state index contributed by atoms with van der Waals surface area (Å²) in [5.41, 5.74) is 13.8. The van der Waals surface area contributed by atoms with Crippen molar-refractivity contribution in [3.63, 3.8) is 0 Å². The van der Waals surface area contributed by atoms with Crippen LogP contribution in [0.25, 0.3) is 22.3 Å². The van der Waals surface area contributed by atoms with Crippen molar-refractivity contribution in [3.05, 3.63) is 83.9 Å². The van der Waals surface area contributed by atoms with E-state index in [-0.39, 0.29) is 42.5 Å². The van der Waals surface area contributed by atoms with Crippen molar-refractivity contribution in [2.24, 2.45) is 11.8 Å². The lowest BCUT2D eigenvalue weighted by atomic mass is 9.91. The molecule has 4 aromatic heterocycles. The Morgan fingerprint density at radius 2 is 0.988 bits per heavy atom. The van der Waals surface area contributed by atoms with Gasteiger partial charge in [0.1, 0.15) is 58.6 Å². The number of carbonyl (C=O) groups excluding carboxylic acids is 4. The number of halogens is 1. The number of nitrogen functional groups attached to an aromatic ring is 2. The average Bonchev–Trinajstić information content (AvgIpc) is 1.91. The molecule has 6 fully saturated rings. The SMILES string of the molecule is CCO.Nc1nc(CCCC2CCN(C(=O)Oc3ccc(Cl)cc3)CC2)nc2c1ncn2[C@@H]1O[C@H](C(=O)NC2CC2)C(O)[C@@H]1O.Nc1nc(CCCC2CCN(C(=O)Oc3ccccc3)CC2)nc2c1ncn2[C@@H]1O[C@H](C(=O)NC2CC2)C(O)[C@@H]1O. The molecule has 462 valence electrons. The molecule has 2 saturated carbocycles. The molecule has 8 atom stereocenters. The number of aromatic nitrogens is 8. The van der Waals surface area contributed by atoms with Crippen molar-refractivity contribution in [1.82, 2.24) is 59.5 Å². The standard InChI is InChI=1S/C28H34ClN7O6.C28H35N7O6.C2H6O/c29-16-4-8-18(9-5-16)41-28(40)35-12-10-15(11-13-35)2-1-3-19-33-24(30)20-25(34-19)36(14-31-20)27-22(38)21(37)23(42-27)26(39)32-17-6-7-17;29-24-20-25(35(15-30-20)27-22(37)21(36)23(41-27)26(38)31-17-9-10-17)33-19(32-24)8-4-5-16-11-13-34(14-12-16)28(39)40-18-6-2-1-3-7-18;1-2-3/h4-5,8-9,14-15,17,21-23,27,37-38H,1-3,6-7,10-13H2,(H,32,39)(H2,30,33,34);1-3,6-7,15-17,21-23,27,36-37H,4-5,8-14H2,(H,31,38)(H2,29,32,33);3H,2H2,1H3/t2*21?,22-,23-,27+;/m00./s1. The van der Waals surface area contributed by atoms with E-state index in [2.05, 4.69) is 40.5 Å². The number of anilines is 2. The Hall–Kier alpha value is -7.37. The molecule has 4 saturated heterocycles. The fourth-order valence-electron chi connectivity index (χ4n) is 11.0. The number of nitrogens with one attached hydrogen (secondary N) is 2. The number of fused-ring (bicyclic) bond motifs is 2. The van der Waals surface area contributed by atoms with Crippen LogP contribution in [0.1, 0.15) is 108 Å². The summed E-state index contributed by atoms with van der Waals surface area (Å²) in [6, 6.07) is 16.0. The maximum Gasteiger partial charge on any atom is 0.415 e.